The predicted molar refractivity (Wildman–Crippen MR) is 70.4 cm³/mol. The Bertz CT molecular complexity index is 530. The van der Waals surface area contributed by atoms with Gasteiger partial charge in [-0.2, -0.15) is 10.2 Å². The largest absolute Gasteiger partial charge is 0.276 e. The van der Waals surface area contributed by atoms with E-state index in [2.05, 4.69) is 36.0 Å². The van der Waals surface area contributed by atoms with Gasteiger partial charge in [-0.1, -0.05) is 0 Å². The second-order valence-corrected chi connectivity index (χ2v) is 5.68. The van der Waals surface area contributed by atoms with E-state index in [1.54, 1.807) is 0 Å². The van der Waals surface area contributed by atoms with Gasteiger partial charge in [0, 0.05) is 19.7 Å². The van der Waals surface area contributed by atoms with Gasteiger partial charge in [0.25, 0.3) is 0 Å². The van der Waals surface area contributed by atoms with E-state index in [1.807, 2.05) is 35.7 Å². The third-order valence-electron chi connectivity index (χ3n) is 2.81. The Kier molecular flexibility index (Phi) is 3.24. The average Bonchev–Trinajstić information content (AvgIpc) is 2.81. The van der Waals surface area contributed by atoms with E-state index < -0.39 is 0 Å². The lowest BCUT2D eigenvalue weighted by Crippen LogP contribution is -2.25. The highest BCUT2D eigenvalue weighted by molar-refractivity contribution is 5.07. The molecule has 18 heavy (non-hydrogen) atoms. The van der Waals surface area contributed by atoms with Crippen LogP contribution in [0.4, 0.5) is 0 Å². The standard InChI is InChI=1S/C13H21N5/c1-10-15-12(18(16-10)13(2,3)4)7-6-11-8-14-17(5)9-11/h8-9H,6-7H2,1-5H3. The first-order chi connectivity index (χ1) is 8.36. The molecule has 2 heterocycles. The van der Waals surface area contributed by atoms with Gasteiger partial charge >= 0.3 is 0 Å². The molecule has 0 aliphatic heterocycles. The van der Waals surface area contributed by atoms with Gasteiger partial charge in [-0.25, -0.2) is 9.67 Å². The minimum absolute atomic E-state index is 0.0223. The van der Waals surface area contributed by atoms with Gasteiger partial charge in [0.2, 0.25) is 0 Å². The minimum Gasteiger partial charge on any atom is -0.276 e. The van der Waals surface area contributed by atoms with Crippen molar-refractivity contribution in [1.29, 1.82) is 0 Å². The van der Waals surface area contributed by atoms with Gasteiger partial charge in [-0.3, -0.25) is 4.68 Å². The van der Waals surface area contributed by atoms with Crippen molar-refractivity contribution in [1.82, 2.24) is 24.5 Å². The van der Waals surface area contributed by atoms with Gasteiger partial charge in [-0.05, 0) is 39.7 Å². The maximum atomic E-state index is 4.52. The van der Waals surface area contributed by atoms with Crippen LogP contribution in [0.15, 0.2) is 12.4 Å². The van der Waals surface area contributed by atoms with Crippen LogP contribution in [0.5, 0.6) is 0 Å². The first kappa shape index (κ1) is 12.8. The molecule has 2 aromatic rings. The van der Waals surface area contributed by atoms with E-state index in [-0.39, 0.29) is 5.54 Å². The van der Waals surface area contributed by atoms with Crippen LogP contribution in [0.1, 0.15) is 38.0 Å². The SMILES string of the molecule is Cc1nc(CCc2cnn(C)c2)n(C(C)(C)C)n1. The zero-order chi connectivity index (χ0) is 13.3. The highest BCUT2D eigenvalue weighted by atomic mass is 15.4. The third-order valence-corrected chi connectivity index (χ3v) is 2.81. The summed E-state index contributed by atoms with van der Waals surface area (Å²) < 4.78 is 3.85. The molecule has 0 N–H and O–H groups in total. The molecule has 98 valence electrons. The summed E-state index contributed by atoms with van der Waals surface area (Å²) in [4.78, 5) is 4.52. The van der Waals surface area contributed by atoms with Crippen molar-refractivity contribution < 1.29 is 0 Å². The van der Waals surface area contributed by atoms with Crippen LogP contribution in [0.2, 0.25) is 0 Å². The Morgan fingerprint density at radius 1 is 1.22 bits per heavy atom. The van der Waals surface area contributed by atoms with Gasteiger partial charge in [0.1, 0.15) is 11.6 Å². The Labute approximate surface area is 108 Å². The fraction of sp³-hybridized carbons (Fsp3) is 0.615. The van der Waals surface area contributed by atoms with Crippen molar-refractivity contribution in [2.45, 2.75) is 46.1 Å². The molecule has 0 aromatic carbocycles. The van der Waals surface area contributed by atoms with Crippen molar-refractivity contribution in [3.8, 4) is 0 Å². The first-order valence-electron chi connectivity index (χ1n) is 6.27. The normalized spacial score (nSPS) is 12.1. The zero-order valence-electron chi connectivity index (χ0n) is 11.8. The number of hydrogen-bond acceptors (Lipinski definition) is 3. The summed E-state index contributed by atoms with van der Waals surface area (Å²) in [6.45, 7) is 8.38. The summed E-state index contributed by atoms with van der Waals surface area (Å²) in [5.74, 6) is 1.88. The molecule has 0 fully saturated rings. The highest BCUT2D eigenvalue weighted by Gasteiger charge is 2.19. The second kappa shape index (κ2) is 4.55. The topological polar surface area (TPSA) is 48.5 Å². The first-order valence-corrected chi connectivity index (χ1v) is 6.27. The predicted octanol–water partition coefficient (Wildman–Crippen LogP) is 1.86. The van der Waals surface area contributed by atoms with Crippen LogP contribution in [-0.4, -0.2) is 24.5 Å². The molecule has 2 aromatic heterocycles. The van der Waals surface area contributed by atoms with E-state index >= 15 is 0 Å². The van der Waals surface area contributed by atoms with Gasteiger partial charge < -0.3 is 0 Å². The fourth-order valence-electron chi connectivity index (χ4n) is 2.02. The molecule has 5 heteroatoms. The van der Waals surface area contributed by atoms with Crippen molar-refractivity contribution >= 4 is 0 Å². The molecular weight excluding hydrogens is 226 g/mol. The lowest BCUT2D eigenvalue weighted by Gasteiger charge is -2.21. The highest BCUT2D eigenvalue weighted by Crippen LogP contribution is 2.16. The average molecular weight is 247 g/mol. The lowest BCUT2D eigenvalue weighted by molar-refractivity contribution is 0.340. The van der Waals surface area contributed by atoms with Crippen LogP contribution >= 0.6 is 0 Å². The molecule has 0 amide bonds. The monoisotopic (exact) mass is 247 g/mol. The van der Waals surface area contributed by atoms with E-state index in [0.717, 1.165) is 24.5 Å². The van der Waals surface area contributed by atoms with Crippen molar-refractivity contribution in [2.24, 2.45) is 7.05 Å². The molecular formula is C13H21N5. The van der Waals surface area contributed by atoms with Crippen LogP contribution in [-0.2, 0) is 25.4 Å². The van der Waals surface area contributed by atoms with Gasteiger partial charge in [0.15, 0.2) is 0 Å². The Balaban J connectivity index is 2.14. The van der Waals surface area contributed by atoms with Gasteiger partial charge in [-0.15, -0.1) is 0 Å². The summed E-state index contributed by atoms with van der Waals surface area (Å²) in [5, 5.41) is 8.66. The molecule has 0 spiro atoms. The molecule has 2 rings (SSSR count). The van der Waals surface area contributed by atoms with Crippen molar-refractivity contribution in [3.05, 3.63) is 29.6 Å². The number of hydrogen-bond donors (Lipinski definition) is 0. The molecule has 0 bridgehead atoms. The van der Waals surface area contributed by atoms with Crippen LogP contribution < -0.4 is 0 Å². The lowest BCUT2D eigenvalue weighted by atomic mass is 10.1. The second-order valence-electron chi connectivity index (χ2n) is 5.68. The van der Waals surface area contributed by atoms with Crippen molar-refractivity contribution in [2.75, 3.05) is 0 Å². The summed E-state index contributed by atoms with van der Waals surface area (Å²) in [6.07, 6.45) is 5.79. The van der Waals surface area contributed by atoms with Crippen LogP contribution in [0.25, 0.3) is 0 Å². The molecule has 0 radical (unpaired) electrons. The quantitative estimate of drug-likeness (QED) is 0.831. The van der Waals surface area contributed by atoms with E-state index in [0.29, 0.717) is 0 Å². The Hall–Kier alpha value is -1.65. The Morgan fingerprint density at radius 2 is 1.94 bits per heavy atom. The van der Waals surface area contributed by atoms with E-state index in [9.17, 15) is 0 Å². The number of rotatable bonds is 3. The minimum atomic E-state index is -0.0223. The zero-order valence-corrected chi connectivity index (χ0v) is 11.8. The molecule has 0 atom stereocenters. The molecule has 0 aliphatic carbocycles. The molecule has 0 saturated carbocycles. The Morgan fingerprint density at radius 3 is 2.50 bits per heavy atom. The summed E-state index contributed by atoms with van der Waals surface area (Å²) in [5.41, 5.74) is 1.21. The third kappa shape index (κ3) is 2.78. The van der Waals surface area contributed by atoms with Crippen molar-refractivity contribution in [3.63, 3.8) is 0 Å². The smallest absolute Gasteiger partial charge is 0.147 e. The van der Waals surface area contributed by atoms with Crippen LogP contribution in [0, 0.1) is 6.92 Å². The molecule has 0 aliphatic rings. The number of aromatic nitrogens is 5. The number of nitrogens with zero attached hydrogens (tertiary/aromatic N) is 5. The molecule has 0 unspecified atom stereocenters. The summed E-state index contributed by atoms with van der Waals surface area (Å²) in [7, 11) is 1.94. The van der Waals surface area contributed by atoms with E-state index in [4.69, 9.17) is 0 Å². The molecule has 5 nitrogen and oxygen atoms in total. The molecule has 0 saturated heterocycles. The summed E-state index contributed by atoms with van der Waals surface area (Å²) in [6, 6.07) is 0. The summed E-state index contributed by atoms with van der Waals surface area (Å²) >= 11 is 0. The van der Waals surface area contributed by atoms with Gasteiger partial charge in [0.05, 0.1) is 11.7 Å². The van der Waals surface area contributed by atoms with Crippen LogP contribution in [0.3, 0.4) is 0 Å². The maximum absolute atomic E-state index is 4.52. The fourth-order valence-corrected chi connectivity index (χ4v) is 2.02. The number of aryl methyl sites for hydroxylation is 4. The maximum Gasteiger partial charge on any atom is 0.147 e. The van der Waals surface area contributed by atoms with E-state index in [1.165, 1.54) is 5.56 Å².